The molecule has 0 atom stereocenters. The maximum absolute atomic E-state index is 13.1. The van der Waals surface area contributed by atoms with Crippen molar-refractivity contribution in [1.29, 1.82) is 0 Å². The van der Waals surface area contributed by atoms with Gasteiger partial charge in [0.1, 0.15) is 11.4 Å². The molecule has 0 radical (unpaired) electrons. The Kier molecular flexibility index (Phi) is 8.27. The highest BCUT2D eigenvalue weighted by atomic mass is 79.9. The molecular formula is C23H16BrCl2N3O5. The Labute approximate surface area is 212 Å². The van der Waals surface area contributed by atoms with Crippen LogP contribution in [0.15, 0.2) is 70.8 Å². The fourth-order valence-electron chi connectivity index (χ4n) is 2.88. The summed E-state index contributed by atoms with van der Waals surface area (Å²) in [6, 6.07) is 14.9. The Balaban J connectivity index is 2.00. The van der Waals surface area contributed by atoms with Crippen LogP contribution in [0.1, 0.15) is 15.9 Å². The number of nitro benzene ring substituents is 1. The Morgan fingerprint density at radius 1 is 1.09 bits per heavy atom. The lowest BCUT2D eigenvalue weighted by molar-refractivity contribution is -0.384. The van der Waals surface area contributed by atoms with Crippen molar-refractivity contribution in [2.75, 3.05) is 12.4 Å². The van der Waals surface area contributed by atoms with Crippen LogP contribution in [0.5, 0.6) is 5.75 Å². The van der Waals surface area contributed by atoms with Gasteiger partial charge in [0, 0.05) is 21.6 Å². The van der Waals surface area contributed by atoms with Crippen LogP contribution >= 0.6 is 39.1 Å². The van der Waals surface area contributed by atoms with Crippen LogP contribution < -0.4 is 15.4 Å². The zero-order valence-electron chi connectivity index (χ0n) is 17.5. The van der Waals surface area contributed by atoms with Gasteiger partial charge in [0.15, 0.2) is 0 Å². The summed E-state index contributed by atoms with van der Waals surface area (Å²) >= 11 is 15.4. The van der Waals surface area contributed by atoms with Gasteiger partial charge in [-0.05, 0) is 48.0 Å². The number of rotatable bonds is 7. The predicted octanol–water partition coefficient (Wildman–Crippen LogP) is 6.08. The summed E-state index contributed by atoms with van der Waals surface area (Å²) in [5.74, 6) is -1.05. The van der Waals surface area contributed by atoms with Crippen molar-refractivity contribution in [3.63, 3.8) is 0 Å². The van der Waals surface area contributed by atoms with Gasteiger partial charge in [0.05, 0.1) is 28.3 Å². The van der Waals surface area contributed by atoms with Crippen molar-refractivity contribution in [2.45, 2.75) is 0 Å². The number of halogens is 3. The third-order valence-electron chi connectivity index (χ3n) is 4.47. The van der Waals surface area contributed by atoms with E-state index in [2.05, 4.69) is 26.6 Å². The molecule has 3 aromatic rings. The standard InChI is InChI=1S/C23H16BrCl2N3O5/c1-34-21-8-5-14(24)11-17(21)22(30)28-20(10-13-3-2-4-16(9-13)29(32)33)23(31)27-19-7-6-15(25)12-18(19)26/h2-12H,1H3,(H,27,31)(H,28,30)/b20-10-. The first-order valence-corrected chi connectivity index (χ1v) is 11.1. The van der Waals surface area contributed by atoms with E-state index in [0.29, 0.717) is 15.1 Å². The second-order valence-corrected chi connectivity index (χ2v) is 8.55. The highest BCUT2D eigenvalue weighted by molar-refractivity contribution is 9.10. The summed E-state index contributed by atoms with van der Waals surface area (Å²) < 4.78 is 5.86. The minimum Gasteiger partial charge on any atom is -0.496 e. The molecule has 0 heterocycles. The maximum Gasteiger partial charge on any atom is 0.272 e. The van der Waals surface area contributed by atoms with Crippen molar-refractivity contribution in [2.24, 2.45) is 0 Å². The molecule has 0 spiro atoms. The number of carbonyl (C=O) groups excluding carboxylic acids is 2. The third-order valence-corrected chi connectivity index (χ3v) is 5.51. The maximum atomic E-state index is 13.1. The highest BCUT2D eigenvalue weighted by Crippen LogP contribution is 2.27. The first-order chi connectivity index (χ1) is 16.2. The van der Waals surface area contributed by atoms with E-state index < -0.39 is 16.7 Å². The molecule has 2 N–H and O–H groups in total. The van der Waals surface area contributed by atoms with Gasteiger partial charge in [-0.2, -0.15) is 0 Å². The predicted molar refractivity (Wildman–Crippen MR) is 134 cm³/mol. The molecule has 0 saturated carbocycles. The smallest absolute Gasteiger partial charge is 0.272 e. The highest BCUT2D eigenvalue weighted by Gasteiger charge is 2.19. The lowest BCUT2D eigenvalue weighted by atomic mass is 10.1. The van der Waals surface area contributed by atoms with Crippen molar-refractivity contribution in [3.05, 3.63) is 102 Å². The van der Waals surface area contributed by atoms with E-state index in [1.165, 1.54) is 55.7 Å². The number of hydrogen-bond acceptors (Lipinski definition) is 5. The number of nitrogens with zero attached hydrogens (tertiary/aromatic N) is 1. The number of anilines is 1. The second-order valence-electron chi connectivity index (χ2n) is 6.79. The molecule has 11 heteroatoms. The summed E-state index contributed by atoms with van der Waals surface area (Å²) in [6.45, 7) is 0. The molecule has 0 aliphatic heterocycles. The van der Waals surface area contributed by atoms with Gasteiger partial charge in [-0.15, -0.1) is 0 Å². The first-order valence-electron chi connectivity index (χ1n) is 9.55. The first kappa shape index (κ1) is 25.2. The fraction of sp³-hybridized carbons (Fsp3) is 0.0435. The number of amides is 2. The van der Waals surface area contributed by atoms with Crippen LogP contribution in [0.4, 0.5) is 11.4 Å². The number of ether oxygens (including phenoxy) is 1. The molecule has 8 nitrogen and oxygen atoms in total. The van der Waals surface area contributed by atoms with E-state index >= 15 is 0 Å². The lowest BCUT2D eigenvalue weighted by Gasteiger charge is -2.14. The zero-order chi connectivity index (χ0) is 24.8. The molecule has 34 heavy (non-hydrogen) atoms. The number of hydrogen-bond donors (Lipinski definition) is 2. The van der Waals surface area contributed by atoms with E-state index in [1.807, 2.05) is 0 Å². The second kappa shape index (κ2) is 11.1. The normalized spacial score (nSPS) is 11.0. The third kappa shape index (κ3) is 6.34. The summed E-state index contributed by atoms with van der Waals surface area (Å²) in [5, 5.41) is 16.9. The van der Waals surface area contributed by atoms with Crippen LogP contribution in [0.2, 0.25) is 10.0 Å². The van der Waals surface area contributed by atoms with Gasteiger partial charge < -0.3 is 15.4 Å². The summed E-state index contributed by atoms with van der Waals surface area (Å²) in [7, 11) is 1.41. The molecule has 0 unspecified atom stereocenters. The number of non-ortho nitro benzene ring substituents is 1. The van der Waals surface area contributed by atoms with Gasteiger partial charge in [0.25, 0.3) is 17.5 Å². The van der Waals surface area contributed by atoms with Gasteiger partial charge in [-0.3, -0.25) is 19.7 Å². The molecule has 0 saturated heterocycles. The van der Waals surface area contributed by atoms with Gasteiger partial charge in [-0.25, -0.2) is 0 Å². The van der Waals surface area contributed by atoms with Gasteiger partial charge in [-0.1, -0.05) is 51.3 Å². The minimum atomic E-state index is -0.710. The number of methoxy groups -OCH3 is 1. The average molecular weight is 565 g/mol. The van der Waals surface area contributed by atoms with E-state index in [4.69, 9.17) is 27.9 Å². The Bertz CT molecular complexity index is 1310. The zero-order valence-corrected chi connectivity index (χ0v) is 20.6. The molecule has 2 amide bonds. The lowest BCUT2D eigenvalue weighted by Crippen LogP contribution is -2.31. The molecule has 0 fully saturated rings. The summed E-state index contributed by atoms with van der Waals surface area (Å²) in [5.41, 5.74) is 0.394. The fourth-order valence-corrected chi connectivity index (χ4v) is 3.70. The quantitative estimate of drug-likeness (QED) is 0.205. The molecular weight excluding hydrogens is 549 g/mol. The summed E-state index contributed by atoms with van der Waals surface area (Å²) in [4.78, 5) is 36.7. The molecule has 0 aliphatic carbocycles. The average Bonchev–Trinajstić information content (AvgIpc) is 2.80. The molecule has 174 valence electrons. The van der Waals surface area contributed by atoms with E-state index in [0.717, 1.165) is 0 Å². The van der Waals surface area contributed by atoms with Crippen LogP contribution in [0, 0.1) is 10.1 Å². The Morgan fingerprint density at radius 3 is 2.53 bits per heavy atom. The monoisotopic (exact) mass is 563 g/mol. The van der Waals surface area contributed by atoms with E-state index in [-0.39, 0.29) is 33.4 Å². The SMILES string of the molecule is COc1ccc(Br)cc1C(=O)N/C(=C\c1cccc([N+](=O)[O-])c1)C(=O)Nc1ccc(Cl)cc1Cl. The number of benzene rings is 3. The van der Waals surface area contributed by atoms with E-state index in [9.17, 15) is 19.7 Å². The number of nitrogens with one attached hydrogen (secondary N) is 2. The van der Waals surface area contributed by atoms with Crippen LogP contribution in [0.3, 0.4) is 0 Å². The van der Waals surface area contributed by atoms with Crippen molar-refractivity contribution in [3.8, 4) is 5.75 Å². The van der Waals surface area contributed by atoms with Crippen molar-refractivity contribution in [1.82, 2.24) is 5.32 Å². The van der Waals surface area contributed by atoms with Gasteiger partial charge >= 0.3 is 0 Å². The molecule has 0 bridgehead atoms. The topological polar surface area (TPSA) is 111 Å². The summed E-state index contributed by atoms with van der Waals surface area (Å²) in [6.07, 6.45) is 1.31. The minimum absolute atomic E-state index is 0.166. The van der Waals surface area contributed by atoms with Crippen LogP contribution in [-0.2, 0) is 4.79 Å². The molecule has 0 aromatic heterocycles. The van der Waals surface area contributed by atoms with Crippen molar-refractivity contribution < 1.29 is 19.2 Å². The molecule has 0 aliphatic rings. The van der Waals surface area contributed by atoms with Crippen molar-refractivity contribution >= 4 is 68.4 Å². The number of nitro groups is 1. The largest absolute Gasteiger partial charge is 0.496 e. The van der Waals surface area contributed by atoms with Crippen LogP contribution in [-0.4, -0.2) is 23.8 Å². The van der Waals surface area contributed by atoms with Gasteiger partial charge in [0.2, 0.25) is 0 Å². The number of carbonyl (C=O) groups is 2. The molecule has 3 rings (SSSR count). The molecule has 3 aromatic carbocycles. The Hall–Kier alpha value is -3.40. The Morgan fingerprint density at radius 2 is 1.85 bits per heavy atom. The van der Waals surface area contributed by atoms with Crippen LogP contribution in [0.25, 0.3) is 6.08 Å². The van der Waals surface area contributed by atoms with E-state index in [1.54, 1.807) is 18.2 Å².